The smallest absolute Gasteiger partial charge is 0.0746 e. The molecule has 1 heterocycles. The Hall–Kier alpha value is -0.120. The molecule has 3 nitrogen and oxygen atoms in total. The number of likely N-dealkylation sites (N-methyl/N-ethyl adjacent to an activating group) is 2. The van der Waals surface area contributed by atoms with Crippen molar-refractivity contribution < 1.29 is 5.11 Å². The third-order valence-corrected chi connectivity index (χ3v) is 5.46. The van der Waals surface area contributed by atoms with Crippen LogP contribution in [0.5, 0.6) is 0 Å². The second kappa shape index (κ2) is 6.11. The van der Waals surface area contributed by atoms with E-state index < -0.39 is 0 Å². The number of hydrogen-bond acceptors (Lipinski definition) is 3. The lowest BCUT2D eigenvalue weighted by Gasteiger charge is -2.45. The molecule has 2 fully saturated rings. The minimum absolute atomic E-state index is 0.0807. The van der Waals surface area contributed by atoms with Crippen LogP contribution in [0.2, 0.25) is 0 Å². The number of likely N-dealkylation sites (tertiary alicyclic amines) is 1. The van der Waals surface area contributed by atoms with E-state index in [1.54, 1.807) is 0 Å². The zero-order valence-corrected chi connectivity index (χ0v) is 13.2. The molecule has 1 aliphatic heterocycles. The second-order valence-corrected chi connectivity index (χ2v) is 7.26. The van der Waals surface area contributed by atoms with Gasteiger partial charge in [0.15, 0.2) is 0 Å². The van der Waals surface area contributed by atoms with E-state index in [1.165, 1.54) is 25.8 Å². The van der Waals surface area contributed by atoms with Crippen LogP contribution < -0.4 is 0 Å². The molecule has 0 aromatic heterocycles. The zero-order chi connectivity index (χ0) is 14.0. The number of nitrogens with zero attached hydrogens (tertiary/aromatic N) is 2. The lowest BCUT2D eigenvalue weighted by Crippen LogP contribution is -2.53. The van der Waals surface area contributed by atoms with Crippen molar-refractivity contribution in [2.75, 3.05) is 26.7 Å². The first-order chi connectivity index (χ1) is 8.95. The van der Waals surface area contributed by atoms with Crippen LogP contribution in [0, 0.1) is 5.41 Å². The van der Waals surface area contributed by atoms with Crippen LogP contribution >= 0.6 is 0 Å². The molecular formula is C16H32N2O. The van der Waals surface area contributed by atoms with Gasteiger partial charge in [-0.1, -0.05) is 27.2 Å². The molecule has 0 spiro atoms. The molecule has 3 heteroatoms. The fourth-order valence-electron chi connectivity index (χ4n) is 4.04. The fourth-order valence-corrected chi connectivity index (χ4v) is 4.04. The molecule has 0 amide bonds. The maximum Gasteiger partial charge on any atom is 0.0746 e. The molecular weight excluding hydrogens is 236 g/mol. The Kier molecular flexibility index (Phi) is 4.91. The van der Waals surface area contributed by atoms with Gasteiger partial charge in [-0.3, -0.25) is 9.80 Å². The molecule has 1 aliphatic carbocycles. The van der Waals surface area contributed by atoms with E-state index in [0.29, 0.717) is 12.1 Å². The third kappa shape index (κ3) is 3.32. The minimum atomic E-state index is -0.178. The highest BCUT2D eigenvalue weighted by molar-refractivity contribution is 4.94. The zero-order valence-electron chi connectivity index (χ0n) is 13.2. The topological polar surface area (TPSA) is 26.7 Å². The highest BCUT2D eigenvalue weighted by Crippen LogP contribution is 2.37. The van der Waals surface area contributed by atoms with E-state index in [9.17, 15) is 5.11 Å². The van der Waals surface area contributed by atoms with Gasteiger partial charge in [-0.25, -0.2) is 0 Å². The normalized spacial score (nSPS) is 36.0. The van der Waals surface area contributed by atoms with Crippen molar-refractivity contribution in [2.24, 2.45) is 5.41 Å². The quantitative estimate of drug-likeness (QED) is 0.848. The summed E-state index contributed by atoms with van der Waals surface area (Å²) in [5, 5.41) is 10.6. The summed E-state index contributed by atoms with van der Waals surface area (Å²) in [6.07, 6.45) is 6.04. The first-order valence-electron chi connectivity index (χ1n) is 8.08. The molecule has 3 unspecified atom stereocenters. The Morgan fingerprint density at radius 2 is 2.00 bits per heavy atom. The Morgan fingerprint density at radius 3 is 2.68 bits per heavy atom. The molecule has 2 rings (SSSR count). The van der Waals surface area contributed by atoms with Crippen molar-refractivity contribution in [3.8, 4) is 0 Å². The van der Waals surface area contributed by atoms with Crippen LogP contribution in [0.15, 0.2) is 0 Å². The summed E-state index contributed by atoms with van der Waals surface area (Å²) in [6, 6.07) is 1.05. The van der Waals surface area contributed by atoms with Gasteiger partial charge in [0.1, 0.15) is 0 Å². The Labute approximate surface area is 119 Å². The van der Waals surface area contributed by atoms with Crippen LogP contribution in [0.4, 0.5) is 0 Å². The van der Waals surface area contributed by atoms with E-state index in [0.717, 1.165) is 25.9 Å². The molecule has 2 aliphatic rings. The van der Waals surface area contributed by atoms with Crippen LogP contribution in [-0.2, 0) is 0 Å². The number of rotatable bonds is 4. The molecule has 3 atom stereocenters. The lowest BCUT2D eigenvalue weighted by molar-refractivity contribution is -0.0541. The molecule has 1 saturated heterocycles. The number of aliphatic hydroxyl groups is 1. The standard InChI is InChI=1S/C16H32N2O/c1-5-18-11-7-8-13(18)12-17(4)14-9-6-10-16(2,3)15(14)19/h13-15,19H,5-12H2,1-4H3. The van der Waals surface area contributed by atoms with Crippen LogP contribution in [0.1, 0.15) is 52.9 Å². The van der Waals surface area contributed by atoms with Crippen molar-refractivity contribution in [3.05, 3.63) is 0 Å². The summed E-state index contributed by atoms with van der Waals surface area (Å²) in [7, 11) is 2.21. The first kappa shape index (κ1) is 15.3. The Bertz CT molecular complexity index is 292. The Morgan fingerprint density at radius 1 is 1.26 bits per heavy atom. The summed E-state index contributed by atoms with van der Waals surface area (Å²) in [5.74, 6) is 0. The predicted molar refractivity (Wildman–Crippen MR) is 80.3 cm³/mol. The lowest BCUT2D eigenvalue weighted by atomic mass is 9.72. The highest BCUT2D eigenvalue weighted by atomic mass is 16.3. The summed E-state index contributed by atoms with van der Waals surface area (Å²) in [4.78, 5) is 5.03. The van der Waals surface area contributed by atoms with Gasteiger partial charge in [-0.05, 0) is 51.2 Å². The van der Waals surface area contributed by atoms with Crippen molar-refractivity contribution in [1.82, 2.24) is 9.80 Å². The number of hydrogen-bond donors (Lipinski definition) is 1. The van der Waals surface area contributed by atoms with E-state index in [1.807, 2.05) is 0 Å². The summed E-state index contributed by atoms with van der Waals surface area (Å²) < 4.78 is 0. The van der Waals surface area contributed by atoms with E-state index in [2.05, 4.69) is 37.6 Å². The van der Waals surface area contributed by atoms with Gasteiger partial charge in [0.2, 0.25) is 0 Å². The van der Waals surface area contributed by atoms with Crippen molar-refractivity contribution in [2.45, 2.75) is 71.1 Å². The van der Waals surface area contributed by atoms with Crippen LogP contribution in [0.25, 0.3) is 0 Å². The molecule has 0 bridgehead atoms. The third-order valence-electron chi connectivity index (χ3n) is 5.46. The molecule has 0 aromatic rings. The van der Waals surface area contributed by atoms with Gasteiger partial charge in [-0.2, -0.15) is 0 Å². The van der Waals surface area contributed by atoms with E-state index >= 15 is 0 Å². The van der Waals surface area contributed by atoms with Crippen molar-refractivity contribution in [3.63, 3.8) is 0 Å². The maximum absolute atomic E-state index is 10.6. The van der Waals surface area contributed by atoms with Gasteiger partial charge in [0.25, 0.3) is 0 Å². The largest absolute Gasteiger partial charge is 0.391 e. The van der Waals surface area contributed by atoms with Crippen molar-refractivity contribution >= 4 is 0 Å². The van der Waals surface area contributed by atoms with Gasteiger partial charge in [0, 0.05) is 18.6 Å². The van der Waals surface area contributed by atoms with Crippen molar-refractivity contribution in [1.29, 1.82) is 0 Å². The molecule has 0 radical (unpaired) electrons. The summed E-state index contributed by atoms with van der Waals surface area (Å²) in [6.45, 7) is 10.2. The van der Waals surface area contributed by atoms with Gasteiger partial charge >= 0.3 is 0 Å². The average Bonchev–Trinajstić information content (AvgIpc) is 2.79. The minimum Gasteiger partial charge on any atom is -0.391 e. The molecule has 112 valence electrons. The van der Waals surface area contributed by atoms with E-state index in [4.69, 9.17) is 0 Å². The van der Waals surface area contributed by atoms with Crippen LogP contribution in [0.3, 0.4) is 0 Å². The highest BCUT2D eigenvalue weighted by Gasteiger charge is 2.40. The van der Waals surface area contributed by atoms with Gasteiger partial charge in [-0.15, -0.1) is 0 Å². The first-order valence-corrected chi connectivity index (χ1v) is 8.08. The second-order valence-electron chi connectivity index (χ2n) is 7.26. The molecule has 1 saturated carbocycles. The van der Waals surface area contributed by atoms with Gasteiger partial charge in [0.05, 0.1) is 6.10 Å². The van der Waals surface area contributed by atoms with E-state index in [-0.39, 0.29) is 11.5 Å². The molecule has 0 aromatic carbocycles. The SMILES string of the molecule is CCN1CCCC1CN(C)C1CCCC(C)(C)C1O. The fraction of sp³-hybridized carbons (Fsp3) is 1.00. The maximum atomic E-state index is 10.6. The number of aliphatic hydroxyl groups excluding tert-OH is 1. The van der Waals surface area contributed by atoms with Gasteiger partial charge < -0.3 is 5.11 Å². The average molecular weight is 268 g/mol. The molecule has 19 heavy (non-hydrogen) atoms. The Balaban J connectivity index is 1.93. The predicted octanol–water partition coefficient (Wildman–Crippen LogP) is 2.34. The summed E-state index contributed by atoms with van der Waals surface area (Å²) >= 11 is 0. The molecule has 1 N–H and O–H groups in total. The van der Waals surface area contributed by atoms with Crippen LogP contribution in [-0.4, -0.2) is 59.8 Å². The monoisotopic (exact) mass is 268 g/mol. The summed E-state index contributed by atoms with van der Waals surface area (Å²) in [5.41, 5.74) is 0.0807.